The van der Waals surface area contributed by atoms with Gasteiger partial charge < -0.3 is 9.26 Å². The Kier molecular flexibility index (Phi) is 5.97. The number of hydrogen-bond acceptors (Lipinski definition) is 5. The number of nitriles is 1. The van der Waals surface area contributed by atoms with Crippen molar-refractivity contribution in [1.82, 2.24) is 10.1 Å². The Morgan fingerprint density at radius 2 is 2.05 bits per heavy atom. The summed E-state index contributed by atoms with van der Waals surface area (Å²) >= 11 is 0. The van der Waals surface area contributed by atoms with Crippen molar-refractivity contribution in [3.8, 4) is 6.07 Å². The highest BCUT2D eigenvalue weighted by atomic mass is 16.5. The molecule has 0 bridgehead atoms. The Morgan fingerprint density at radius 3 is 2.58 bits per heavy atom. The molecule has 1 aromatic rings. The minimum absolute atomic E-state index is 0.105. The Bertz CT molecular complexity index is 419. The van der Waals surface area contributed by atoms with Crippen molar-refractivity contribution in [2.75, 3.05) is 6.61 Å². The van der Waals surface area contributed by atoms with Crippen molar-refractivity contribution < 1.29 is 9.26 Å². The van der Waals surface area contributed by atoms with Crippen LogP contribution in [0.5, 0.6) is 0 Å². The lowest BCUT2D eigenvalue weighted by Crippen LogP contribution is -2.29. The number of nitrogens with zero attached hydrogens (tertiary/aromatic N) is 3. The minimum Gasteiger partial charge on any atom is -0.367 e. The molecule has 5 nitrogen and oxygen atoms in total. The van der Waals surface area contributed by atoms with Crippen molar-refractivity contribution in [2.45, 2.75) is 64.9 Å². The predicted octanol–water partition coefficient (Wildman–Crippen LogP) is 3.53. The van der Waals surface area contributed by atoms with Crippen LogP contribution < -0.4 is 0 Å². The highest BCUT2D eigenvalue weighted by molar-refractivity contribution is 5.03. The summed E-state index contributed by atoms with van der Waals surface area (Å²) in [5.74, 6) is 1.32. The molecule has 106 valence electrons. The Morgan fingerprint density at radius 1 is 1.37 bits per heavy atom. The van der Waals surface area contributed by atoms with E-state index in [-0.39, 0.29) is 5.92 Å². The molecule has 1 aromatic heterocycles. The molecular weight excluding hydrogens is 242 g/mol. The zero-order valence-electron chi connectivity index (χ0n) is 12.3. The summed E-state index contributed by atoms with van der Waals surface area (Å²) in [5, 5.41) is 12.7. The topological polar surface area (TPSA) is 71.9 Å². The van der Waals surface area contributed by atoms with Crippen LogP contribution in [0, 0.1) is 11.3 Å². The second kappa shape index (κ2) is 7.25. The Labute approximate surface area is 115 Å². The van der Waals surface area contributed by atoms with Crippen molar-refractivity contribution >= 4 is 0 Å². The van der Waals surface area contributed by atoms with Crippen LogP contribution in [-0.4, -0.2) is 16.7 Å². The molecule has 0 aromatic carbocycles. The SMILES string of the molecule is CCOC(CC)(CC)c1noc(C(C)CCC#N)n1. The van der Waals surface area contributed by atoms with Gasteiger partial charge in [0.05, 0.1) is 6.07 Å². The molecule has 0 aliphatic heterocycles. The van der Waals surface area contributed by atoms with E-state index in [2.05, 4.69) is 30.1 Å². The fourth-order valence-corrected chi connectivity index (χ4v) is 2.14. The van der Waals surface area contributed by atoms with Gasteiger partial charge >= 0.3 is 0 Å². The third-order valence-electron chi connectivity index (χ3n) is 3.52. The lowest BCUT2D eigenvalue weighted by atomic mass is 9.96. The van der Waals surface area contributed by atoms with Gasteiger partial charge in [0.2, 0.25) is 11.7 Å². The van der Waals surface area contributed by atoms with Gasteiger partial charge in [-0.15, -0.1) is 0 Å². The van der Waals surface area contributed by atoms with E-state index in [0.717, 1.165) is 19.3 Å². The fraction of sp³-hybridized carbons (Fsp3) is 0.786. The summed E-state index contributed by atoms with van der Waals surface area (Å²) in [4.78, 5) is 4.48. The monoisotopic (exact) mass is 265 g/mol. The molecule has 5 heteroatoms. The van der Waals surface area contributed by atoms with Crippen LogP contribution in [0.1, 0.15) is 71.0 Å². The molecule has 0 spiro atoms. The standard InChI is InChI=1S/C14H23N3O2/c1-5-14(6-2,18-7-3)13-16-12(19-17-13)11(4)9-8-10-15/h11H,5-9H2,1-4H3. The maximum absolute atomic E-state index is 8.61. The fourth-order valence-electron chi connectivity index (χ4n) is 2.14. The van der Waals surface area contributed by atoms with Crippen LogP contribution in [0.15, 0.2) is 4.52 Å². The quantitative estimate of drug-likeness (QED) is 0.719. The van der Waals surface area contributed by atoms with Gasteiger partial charge in [-0.1, -0.05) is 25.9 Å². The lowest BCUT2D eigenvalue weighted by molar-refractivity contribution is -0.0583. The largest absolute Gasteiger partial charge is 0.367 e. The van der Waals surface area contributed by atoms with Crippen LogP contribution in [0.2, 0.25) is 0 Å². The maximum Gasteiger partial charge on any atom is 0.229 e. The van der Waals surface area contributed by atoms with Crippen molar-refractivity contribution in [1.29, 1.82) is 5.26 Å². The van der Waals surface area contributed by atoms with Crippen LogP contribution in [-0.2, 0) is 10.3 Å². The molecule has 0 N–H and O–H groups in total. The van der Waals surface area contributed by atoms with E-state index in [1.54, 1.807) is 0 Å². The van der Waals surface area contributed by atoms with E-state index in [0.29, 0.717) is 24.7 Å². The zero-order chi connectivity index (χ0) is 14.3. The Hall–Kier alpha value is -1.41. The molecule has 0 saturated carbocycles. The minimum atomic E-state index is -0.453. The van der Waals surface area contributed by atoms with E-state index in [4.69, 9.17) is 14.5 Å². The van der Waals surface area contributed by atoms with Crippen LogP contribution >= 0.6 is 0 Å². The molecule has 1 atom stereocenters. The first-order chi connectivity index (χ1) is 9.13. The van der Waals surface area contributed by atoms with Gasteiger partial charge in [0.1, 0.15) is 5.60 Å². The second-order valence-electron chi connectivity index (χ2n) is 4.69. The predicted molar refractivity (Wildman–Crippen MR) is 71.4 cm³/mol. The van der Waals surface area contributed by atoms with Crippen LogP contribution in [0.4, 0.5) is 0 Å². The normalized spacial score (nSPS) is 13.2. The average Bonchev–Trinajstić information content (AvgIpc) is 2.92. The average molecular weight is 265 g/mol. The highest BCUT2D eigenvalue weighted by Gasteiger charge is 2.34. The molecule has 19 heavy (non-hydrogen) atoms. The summed E-state index contributed by atoms with van der Waals surface area (Å²) < 4.78 is 11.2. The van der Waals surface area contributed by atoms with Gasteiger partial charge in [-0.2, -0.15) is 10.2 Å². The number of rotatable bonds is 8. The summed E-state index contributed by atoms with van der Waals surface area (Å²) in [7, 11) is 0. The van der Waals surface area contributed by atoms with Gasteiger partial charge in [-0.25, -0.2) is 0 Å². The zero-order valence-corrected chi connectivity index (χ0v) is 12.3. The summed E-state index contributed by atoms with van der Waals surface area (Å²) in [5.41, 5.74) is -0.453. The number of hydrogen-bond donors (Lipinski definition) is 0. The molecular formula is C14H23N3O2. The first kappa shape index (κ1) is 15.6. The van der Waals surface area contributed by atoms with Gasteiger partial charge in [-0.05, 0) is 26.2 Å². The first-order valence-electron chi connectivity index (χ1n) is 6.98. The van der Waals surface area contributed by atoms with Crippen molar-refractivity contribution in [3.05, 3.63) is 11.7 Å². The molecule has 0 saturated heterocycles. The molecule has 0 aliphatic rings. The molecule has 0 amide bonds. The highest BCUT2D eigenvalue weighted by Crippen LogP contribution is 2.32. The number of aromatic nitrogens is 2. The maximum atomic E-state index is 8.61. The van der Waals surface area contributed by atoms with Crippen molar-refractivity contribution in [2.24, 2.45) is 0 Å². The van der Waals surface area contributed by atoms with E-state index >= 15 is 0 Å². The van der Waals surface area contributed by atoms with E-state index in [1.165, 1.54) is 0 Å². The third-order valence-corrected chi connectivity index (χ3v) is 3.52. The van der Waals surface area contributed by atoms with Gasteiger partial charge in [0.25, 0.3) is 0 Å². The van der Waals surface area contributed by atoms with Gasteiger partial charge in [0.15, 0.2) is 0 Å². The summed E-state index contributed by atoms with van der Waals surface area (Å²) in [6.07, 6.45) is 2.85. The molecule has 1 heterocycles. The van der Waals surface area contributed by atoms with Gasteiger partial charge in [0, 0.05) is 18.9 Å². The second-order valence-corrected chi connectivity index (χ2v) is 4.69. The molecule has 0 aliphatic carbocycles. The van der Waals surface area contributed by atoms with Crippen molar-refractivity contribution in [3.63, 3.8) is 0 Å². The van der Waals surface area contributed by atoms with E-state index < -0.39 is 5.60 Å². The van der Waals surface area contributed by atoms with Crippen LogP contribution in [0.25, 0.3) is 0 Å². The van der Waals surface area contributed by atoms with Gasteiger partial charge in [-0.3, -0.25) is 0 Å². The first-order valence-corrected chi connectivity index (χ1v) is 6.98. The molecule has 1 unspecified atom stereocenters. The van der Waals surface area contributed by atoms with Crippen LogP contribution in [0.3, 0.4) is 0 Å². The molecule has 0 radical (unpaired) electrons. The smallest absolute Gasteiger partial charge is 0.229 e. The molecule has 0 fully saturated rings. The third kappa shape index (κ3) is 3.54. The van der Waals surface area contributed by atoms with E-state index in [9.17, 15) is 0 Å². The lowest BCUT2D eigenvalue weighted by Gasteiger charge is -2.27. The molecule has 1 rings (SSSR count). The number of ether oxygens (including phenoxy) is 1. The Balaban J connectivity index is 2.90. The summed E-state index contributed by atoms with van der Waals surface area (Å²) in [6, 6.07) is 2.13. The van der Waals surface area contributed by atoms with E-state index in [1.807, 2.05) is 13.8 Å². The summed E-state index contributed by atoms with van der Waals surface area (Å²) in [6.45, 7) is 8.71.